The Labute approximate surface area is 89.5 Å². The Kier molecular flexibility index (Phi) is 2.44. The Hall–Kier alpha value is 0. The van der Waals surface area contributed by atoms with Gasteiger partial charge in [0.2, 0.25) is 0 Å². The molecule has 2 aliphatic rings. The highest BCUT2D eigenvalue weighted by Gasteiger charge is 2.48. The lowest BCUT2D eigenvalue weighted by Crippen LogP contribution is -2.45. The van der Waals surface area contributed by atoms with Gasteiger partial charge in [0.05, 0.1) is 0 Å². The minimum Gasteiger partial charge on any atom is -0.0625 e. The Balaban J connectivity index is 2.21. The van der Waals surface area contributed by atoms with Gasteiger partial charge in [-0.25, -0.2) is 0 Å². The molecule has 0 spiro atoms. The van der Waals surface area contributed by atoms with Crippen LogP contribution in [-0.4, -0.2) is 0 Å². The molecule has 14 heavy (non-hydrogen) atoms. The summed E-state index contributed by atoms with van der Waals surface area (Å²) in [5.74, 6) is 1.98. The van der Waals surface area contributed by atoms with Crippen molar-refractivity contribution in [3.63, 3.8) is 0 Å². The third-order valence-corrected chi connectivity index (χ3v) is 5.12. The highest BCUT2D eigenvalue weighted by Crippen LogP contribution is 2.58. The molecule has 0 radical (unpaired) electrons. The molecule has 82 valence electrons. The van der Waals surface area contributed by atoms with Gasteiger partial charge in [-0.3, -0.25) is 0 Å². The molecule has 0 saturated heterocycles. The zero-order valence-corrected chi connectivity index (χ0v) is 10.4. The van der Waals surface area contributed by atoms with Gasteiger partial charge in [-0.15, -0.1) is 0 Å². The van der Waals surface area contributed by atoms with Crippen LogP contribution in [0.4, 0.5) is 0 Å². The highest BCUT2D eigenvalue weighted by molar-refractivity contribution is 4.98. The van der Waals surface area contributed by atoms with Crippen LogP contribution in [0.3, 0.4) is 0 Å². The van der Waals surface area contributed by atoms with Gasteiger partial charge in [-0.2, -0.15) is 0 Å². The van der Waals surface area contributed by atoms with Crippen LogP contribution in [0.5, 0.6) is 0 Å². The van der Waals surface area contributed by atoms with Crippen LogP contribution < -0.4 is 0 Å². The fourth-order valence-electron chi connectivity index (χ4n) is 4.57. The second kappa shape index (κ2) is 3.25. The third kappa shape index (κ3) is 1.61. The summed E-state index contributed by atoms with van der Waals surface area (Å²) in [5.41, 5.74) is 1.30. The predicted molar refractivity (Wildman–Crippen MR) is 62.2 cm³/mol. The summed E-state index contributed by atoms with van der Waals surface area (Å²) in [6, 6.07) is 0. The van der Waals surface area contributed by atoms with Crippen LogP contribution in [0, 0.1) is 22.7 Å². The average molecular weight is 194 g/mol. The van der Waals surface area contributed by atoms with E-state index in [0.717, 1.165) is 11.8 Å². The van der Waals surface area contributed by atoms with Crippen molar-refractivity contribution < 1.29 is 0 Å². The van der Waals surface area contributed by atoms with Crippen molar-refractivity contribution in [2.45, 2.75) is 66.2 Å². The predicted octanol–water partition coefficient (Wildman–Crippen LogP) is 4.64. The van der Waals surface area contributed by atoms with E-state index < -0.39 is 0 Å². The average Bonchev–Trinajstić information content (AvgIpc) is 2.00. The van der Waals surface area contributed by atoms with Crippen molar-refractivity contribution in [3.05, 3.63) is 0 Å². The Morgan fingerprint density at radius 3 is 2.43 bits per heavy atom. The molecule has 0 nitrogen and oxygen atoms in total. The minimum atomic E-state index is 0.618. The molecule has 0 aromatic rings. The van der Waals surface area contributed by atoms with Gasteiger partial charge in [0.25, 0.3) is 0 Å². The summed E-state index contributed by atoms with van der Waals surface area (Å²) < 4.78 is 0. The molecular formula is C14H26. The maximum absolute atomic E-state index is 2.56. The zero-order valence-electron chi connectivity index (χ0n) is 10.4. The lowest BCUT2D eigenvalue weighted by atomic mass is 9.50. The molecule has 2 fully saturated rings. The molecular weight excluding hydrogens is 168 g/mol. The van der Waals surface area contributed by atoms with Crippen LogP contribution >= 0.6 is 0 Å². The second-order valence-corrected chi connectivity index (χ2v) is 6.94. The number of hydrogen-bond donors (Lipinski definition) is 0. The molecule has 3 unspecified atom stereocenters. The Morgan fingerprint density at radius 2 is 1.71 bits per heavy atom. The smallest absolute Gasteiger partial charge is 0.0290 e. The SMILES string of the molecule is CC1CCC2C(C)(C)CCCC2(C)C1. The summed E-state index contributed by atoms with van der Waals surface area (Å²) in [6.45, 7) is 10.0. The highest BCUT2D eigenvalue weighted by atomic mass is 14.5. The van der Waals surface area contributed by atoms with Crippen LogP contribution in [0.15, 0.2) is 0 Å². The first-order valence-electron chi connectivity index (χ1n) is 6.44. The molecule has 0 heteroatoms. The molecule has 0 N–H and O–H groups in total. The number of fused-ring (bicyclic) bond motifs is 1. The number of hydrogen-bond acceptors (Lipinski definition) is 0. The van der Waals surface area contributed by atoms with Gasteiger partial charge < -0.3 is 0 Å². The third-order valence-electron chi connectivity index (χ3n) is 5.12. The van der Waals surface area contributed by atoms with Gasteiger partial charge in [0.1, 0.15) is 0 Å². The molecule has 0 heterocycles. The first-order valence-corrected chi connectivity index (χ1v) is 6.44. The van der Waals surface area contributed by atoms with Crippen molar-refractivity contribution >= 4 is 0 Å². The van der Waals surface area contributed by atoms with E-state index in [2.05, 4.69) is 27.7 Å². The summed E-state index contributed by atoms with van der Waals surface area (Å²) in [7, 11) is 0. The van der Waals surface area contributed by atoms with Crippen molar-refractivity contribution in [3.8, 4) is 0 Å². The van der Waals surface area contributed by atoms with Gasteiger partial charge in [-0.1, -0.05) is 40.5 Å². The Morgan fingerprint density at radius 1 is 1.00 bits per heavy atom. The van der Waals surface area contributed by atoms with E-state index in [1.165, 1.54) is 38.5 Å². The molecule has 0 aromatic heterocycles. The van der Waals surface area contributed by atoms with Crippen molar-refractivity contribution in [1.29, 1.82) is 0 Å². The maximum atomic E-state index is 2.56. The van der Waals surface area contributed by atoms with Gasteiger partial charge in [0, 0.05) is 0 Å². The summed E-state index contributed by atoms with van der Waals surface area (Å²) >= 11 is 0. The maximum Gasteiger partial charge on any atom is -0.0290 e. The largest absolute Gasteiger partial charge is 0.0625 e. The quantitative estimate of drug-likeness (QED) is 0.527. The lowest BCUT2D eigenvalue weighted by molar-refractivity contribution is -0.0468. The first kappa shape index (κ1) is 10.5. The van der Waals surface area contributed by atoms with E-state index in [-0.39, 0.29) is 0 Å². The fourth-order valence-corrected chi connectivity index (χ4v) is 4.57. The van der Waals surface area contributed by atoms with E-state index in [0.29, 0.717) is 10.8 Å². The molecule has 0 aliphatic heterocycles. The van der Waals surface area contributed by atoms with Crippen LogP contribution in [0.1, 0.15) is 66.2 Å². The van der Waals surface area contributed by atoms with Gasteiger partial charge in [-0.05, 0) is 48.3 Å². The number of rotatable bonds is 0. The van der Waals surface area contributed by atoms with Gasteiger partial charge in [0.15, 0.2) is 0 Å². The fraction of sp³-hybridized carbons (Fsp3) is 1.00. The van der Waals surface area contributed by atoms with Crippen LogP contribution in [0.25, 0.3) is 0 Å². The molecule has 0 amide bonds. The van der Waals surface area contributed by atoms with Gasteiger partial charge >= 0.3 is 0 Å². The summed E-state index contributed by atoms with van der Waals surface area (Å²) in [5, 5.41) is 0. The monoisotopic (exact) mass is 194 g/mol. The summed E-state index contributed by atoms with van der Waals surface area (Å²) in [4.78, 5) is 0. The van der Waals surface area contributed by atoms with Crippen molar-refractivity contribution in [2.24, 2.45) is 22.7 Å². The van der Waals surface area contributed by atoms with Crippen LogP contribution in [0.2, 0.25) is 0 Å². The molecule has 0 bridgehead atoms. The van der Waals surface area contributed by atoms with Crippen molar-refractivity contribution in [2.75, 3.05) is 0 Å². The molecule has 0 aromatic carbocycles. The summed E-state index contributed by atoms with van der Waals surface area (Å²) in [6.07, 6.45) is 8.87. The zero-order chi connectivity index (χ0) is 10.4. The van der Waals surface area contributed by atoms with E-state index in [4.69, 9.17) is 0 Å². The minimum absolute atomic E-state index is 0.618. The normalized spacial score (nSPS) is 47.1. The molecule has 2 saturated carbocycles. The topological polar surface area (TPSA) is 0 Å². The van der Waals surface area contributed by atoms with E-state index in [1.54, 1.807) is 0 Å². The Bertz CT molecular complexity index is 216. The molecule has 2 aliphatic carbocycles. The second-order valence-electron chi connectivity index (χ2n) is 6.94. The molecule has 2 rings (SSSR count). The van der Waals surface area contributed by atoms with Crippen molar-refractivity contribution in [1.82, 2.24) is 0 Å². The van der Waals surface area contributed by atoms with Crippen LogP contribution in [-0.2, 0) is 0 Å². The van der Waals surface area contributed by atoms with E-state index in [1.807, 2.05) is 0 Å². The van der Waals surface area contributed by atoms with E-state index in [9.17, 15) is 0 Å². The van der Waals surface area contributed by atoms with E-state index >= 15 is 0 Å². The molecule has 3 atom stereocenters. The lowest BCUT2D eigenvalue weighted by Gasteiger charge is -2.55. The first-order chi connectivity index (χ1) is 6.44. The standard InChI is InChI=1S/C14H26/c1-11-6-7-12-13(2,3)8-5-9-14(12,4)10-11/h11-12H,5-10H2,1-4H3.